The molecule has 0 aromatic heterocycles. The van der Waals surface area contributed by atoms with Crippen LogP contribution in [0.15, 0.2) is 42.5 Å². The summed E-state index contributed by atoms with van der Waals surface area (Å²) in [5.74, 6) is 0.569. The van der Waals surface area contributed by atoms with Gasteiger partial charge in [0.1, 0.15) is 18.8 Å². The maximum absolute atomic E-state index is 12.5. The first-order valence-corrected chi connectivity index (χ1v) is 8.67. The van der Waals surface area contributed by atoms with E-state index in [0.29, 0.717) is 40.9 Å². The predicted octanol–water partition coefficient (Wildman–Crippen LogP) is 2.56. The van der Waals surface area contributed by atoms with E-state index >= 15 is 0 Å². The van der Waals surface area contributed by atoms with Crippen molar-refractivity contribution < 1.29 is 19.4 Å². The number of halogens is 2. The molecular formula is C19H22Cl2N2O4. The minimum absolute atomic E-state index is 0. The SMILES string of the molecule is CC(N)(C(=O)NCC(O)c1cc(Cl)c2c(c1)OCCO2)c1ccccc1.Cl. The molecule has 8 heteroatoms. The van der Waals surface area contributed by atoms with Gasteiger partial charge in [0.25, 0.3) is 0 Å². The molecule has 146 valence electrons. The van der Waals surface area contributed by atoms with Crippen molar-refractivity contribution in [2.45, 2.75) is 18.6 Å². The summed E-state index contributed by atoms with van der Waals surface area (Å²) in [6.45, 7) is 2.47. The highest BCUT2D eigenvalue weighted by Gasteiger charge is 2.30. The molecule has 0 fully saturated rings. The van der Waals surface area contributed by atoms with Crippen LogP contribution in [0.25, 0.3) is 0 Å². The number of nitrogens with two attached hydrogens (primary N) is 1. The fourth-order valence-corrected chi connectivity index (χ4v) is 3.00. The molecule has 0 aliphatic carbocycles. The molecule has 0 radical (unpaired) electrons. The van der Waals surface area contributed by atoms with Gasteiger partial charge in [-0.3, -0.25) is 4.79 Å². The first kappa shape index (κ1) is 21.3. The normalized spacial score (nSPS) is 15.9. The summed E-state index contributed by atoms with van der Waals surface area (Å²) >= 11 is 6.18. The number of benzene rings is 2. The zero-order chi connectivity index (χ0) is 18.7. The standard InChI is InChI=1S/C19H21ClN2O4.ClH/c1-19(21,13-5-3-2-4-6-13)18(24)22-11-15(23)12-9-14(20)17-16(10-12)25-7-8-26-17;/h2-6,9-10,15,23H,7-8,11,21H2,1H3,(H,22,24);1H. The van der Waals surface area contributed by atoms with E-state index in [-0.39, 0.29) is 24.9 Å². The number of carbonyl (C=O) groups excluding carboxylic acids is 1. The Bertz CT molecular complexity index is 800. The lowest BCUT2D eigenvalue weighted by Crippen LogP contribution is -2.49. The monoisotopic (exact) mass is 412 g/mol. The molecule has 3 rings (SSSR count). The van der Waals surface area contributed by atoms with Crippen LogP contribution in [0.4, 0.5) is 0 Å². The molecule has 0 spiro atoms. The molecule has 1 aliphatic rings. The van der Waals surface area contributed by atoms with Gasteiger partial charge >= 0.3 is 0 Å². The van der Waals surface area contributed by atoms with Gasteiger partial charge in [0.15, 0.2) is 11.5 Å². The van der Waals surface area contributed by atoms with Gasteiger partial charge in [-0.2, -0.15) is 0 Å². The number of carbonyl (C=O) groups is 1. The molecule has 6 nitrogen and oxygen atoms in total. The first-order chi connectivity index (χ1) is 12.4. The Labute approximate surface area is 169 Å². The van der Waals surface area contributed by atoms with Gasteiger partial charge in [-0.15, -0.1) is 12.4 Å². The van der Waals surface area contributed by atoms with Gasteiger partial charge < -0.3 is 25.6 Å². The molecule has 27 heavy (non-hydrogen) atoms. The maximum Gasteiger partial charge on any atom is 0.244 e. The van der Waals surface area contributed by atoms with E-state index in [1.54, 1.807) is 31.2 Å². The van der Waals surface area contributed by atoms with Crippen LogP contribution in [0.5, 0.6) is 11.5 Å². The molecule has 2 aromatic carbocycles. The van der Waals surface area contributed by atoms with Crippen LogP contribution in [-0.2, 0) is 10.3 Å². The van der Waals surface area contributed by atoms with E-state index in [1.807, 2.05) is 18.2 Å². The van der Waals surface area contributed by atoms with E-state index in [9.17, 15) is 9.90 Å². The van der Waals surface area contributed by atoms with Gasteiger partial charge in [0.2, 0.25) is 5.91 Å². The smallest absolute Gasteiger partial charge is 0.244 e. The van der Waals surface area contributed by atoms with Gasteiger partial charge in [0, 0.05) is 6.54 Å². The van der Waals surface area contributed by atoms with Crippen LogP contribution >= 0.6 is 24.0 Å². The number of fused-ring (bicyclic) bond motifs is 1. The van der Waals surface area contributed by atoms with E-state index in [0.717, 1.165) is 0 Å². The third-order valence-corrected chi connectivity index (χ3v) is 4.59. The second-order valence-corrected chi connectivity index (χ2v) is 6.73. The Hall–Kier alpha value is -1.99. The number of aliphatic hydroxyl groups is 1. The Morgan fingerprint density at radius 2 is 1.96 bits per heavy atom. The molecule has 0 saturated carbocycles. The Balaban J connectivity index is 0.00000261. The summed E-state index contributed by atoms with van der Waals surface area (Å²) < 4.78 is 11.0. The number of ether oxygens (including phenoxy) is 2. The molecule has 1 amide bonds. The second-order valence-electron chi connectivity index (χ2n) is 6.32. The Morgan fingerprint density at radius 3 is 2.67 bits per heavy atom. The molecule has 2 unspecified atom stereocenters. The lowest BCUT2D eigenvalue weighted by Gasteiger charge is -2.25. The zero-order valence-electron chi connectivity index (χ0n) is 14.8. The summed E-state index contributed by atoms with van der Waals surface area (Å²) in [7, 11) is 0. The Kier molecular flexibility index (Phi) is 6.95. The lowest BCUT2D eigenvalue weighted by atomic mass is 9.92. The van der Waals surface area contributed by atoms with Crippen molar-refractivity contribution in [2.24, 2.45) is 5.73 Å². The van der Waals surface area contributed by atoms with E-state index in [2.05, 4.69) is 5.32 Å². The van der Waals surface area contributed by atoms with Crippen molar-refractivity contribution in [2.75, 3.05) is 19.8 Å². The fourth-order valence-electron chi connectivity index (χ4n) is 2.73. The second kappa shape index (κ2) is 8.80. The van der Waals surface area contributed by atoms with Gasteiger partial charge in [0.05, 0.1) is 11.1 Å². The average molecular weight is 413 g/mol. The predicted molar refractivity (Wildman–Crippen MR) is 106 cm³/mol. The summed E-state index contributed by atoms with van der Waals surface area (Å²) in [5, 5.41) is 13.5. The molecule has 0 saturated heterocycles. The van der Waals surface area contributed by atoms with Gasteiger partial charge in [-0.05, 0) is 30.2 Å². The van der Waals surface area contributed by atoms with E-state index < -0.39 is 11.6 Å². The number of rotatable bonds is 5. The van der Waals surface area contributed by atoms with E-state index in [1.165, 1.54) is 0 Å². The highest BCUT2D eigenvalue weighted by molar-refractivity contribution is 6.32. The minimum atomic E-state index is -1.20. The van der Waals surface area contributed by atoms with Gasteiger partial charge in [-0.25, -0.2) is 0 Å². The first-order valence-electron chi connectivity index (χ1n) is 8.29. The molecule has 2 atom stereocenters. The molecule has 2 aromatic rings. The molecule has 4 N–H and O–H groups in total. The van der Waals surface area contributed by atoms with Gasteiger partial charge in [-0.1, -0.05) is 41.9 Å². The van der Waals surface area contributed by atoms with Crippen LogP contribution < -0.4 is 20.5 Å². The number of hydrogen-bond acceptors (Lipinski definition) is 5. The highest BCUT2D eigenvalue weighted by atomic mass is 35.5. The van der Waals surface area contributed by atoms with Crippen LogP contribution in [-0.4, -0.2) is 30.8 Å². The van der Waals surface area contributed by atoms with Crippen molar-refractivity contribution in [3.05, 3.63) is 58.6 Å². The number of hydrogen-bond donors (Lipinski definition) is 3. The van der Waals surface area contributed by atoms with Crippen LogP contribution in [0.1, 0.15) is 24.2 Å². The van der Waals surface area contributed by atoms with E-state index in [4.69, 9.17) is 26.8 Å². The van der Waals surface area contributed by atoms with Crippen molar-refractivity contribution in [3.8, 4) is 11.5 Å². The minimum Gasteiger partial charge on any atom is -0.486 e. The van der Waals surface area contributed by atoms with Crippen LogP contribution in [0.3, 0.4) is 0 Å². The molecule has 0 bridgehead atoms. The number of amides is 1. The zero-order valence-corrected chi connectivity index (χ0v) is 16.3. The van der Waals surface area contributed by atoms with Crippen molar-refractivity contribution in [3.63, 3.8) is 0 Å². The molecule has 1 aliphatic heterocycles. The Morgan fingerprint density at radius 1 is 1.30 bits per heavy atom. The summed E-state index contributed by atoms with van der Waals surface area (Å²) in [6, 6.07) is 12.3. The quantitative estimate of drug-likeness (QED) is 0.701. The van der Waals surface area contributed by atoms with Crippen LogP contribution in [0.2, 0.25) is 5.02 Å². The number of nitrogens with one attached hydrogen (secondary N) is 1. The maximum atomic E-state index is 12.5. The third kappa shape index (κ3) is 4.65. The molecule has 1 heterocycles. The van der Waals surface area contributed by atoms with Crippen molar-refractivity contribution >= 4 is 29.9 Å². The summed E-state index contributed by atoms with van der Waals surface area (Å²) in [5.41, 5.74) is 6.18. The largest absolute Gasteiger partial charge is 0.486 e. The summed E-state index contributed by atoms with van der Waals surface area (Å²) in [6.07, 6.45) is -0.959. The van der Waals surface area contributed by atoms with Crippen LogP contribution in [0, 0.1) is 0 Å². The summed E-state index contributed by atoms with van der Waals surface area (Å²) in [4.78, 5) is 12.5. The molecular weight excluding hydrogens is 391 g/mol. The fraction of sp³-hybridized carbons (Fsp3) is 0.316. The number of aliphatic hydroxyl groups excluding tert-OH is 1. The average Bonchev–Trinajstić information content (AvgIpc) is 2.66. The lowest BCUT2D eigenvalue weighted by molar-refractivity contribution is -0.126. The third-order valence-electron chi connectivity index (χ3n) is 4.31. The van der Waals surface area contributed by atoms with Crippen molar-refractivity contribution in [1.29, 1.82) is 0 Å². The highest BCUT2D eigenvalue weighted by Crippen LogP contribution is 2.39. The van der Waals surface area contributed by atoms with Crippen molar-refractivity contribution in [1.82, 2.24) is 5.32 Å². The topological polar surface area (TPSA) is 93.8 Å².